The number of carbonyl (C=O) groups excluding carboxylic acids is 1. The molecule has 8 heteroatoms. The number of thiocarbonyl (C=S) groups is 1. The van der Waals surface area contributed by atoms with Gasteiger partial charge in [0.05, 0.1) is 7.11 Å². The Morgan fingerprint density at radius 1 is 1.50 bits per heavy atom. The Morgan fingerprint density at radius 2 is 2.28 bits per heavy atom. The van der Waals surface area contributed by atoms with Gasteiger partial charge < -0.3 is 10.5 Å². The third-order valence-corrected chi connectivity index (χ3v) is 2.36. The van der Waals surface area contributed by atoms with Crippen molar-refractivity contribution in [3.05, 3.63) is 36.0 Å². The quantitative estimate of drug-likeness (QED) is 0.619. The summed E-state index contributed by atoms with van der Waals surface area (Å²) in [5.41, 5.74) is 6.18. The molecule has 2 heterocycles. The van der Waals surface area contributed by atoms with Gasteiger partial charge in [0, 0.05) is 11.8 Å². The van der Waals surface area contributed by atoms with E-state index in [-0.39, 0.29) is 10.8 Å². The lowest BCUT2D eigenvalue weighted by Crippen LogP contribution is -2.11. The Hall–Kier alpha value is -2.35. The van der Waals surface area contributed by atoms with Crippen LogP contribution in [0.3, 0.4) is 0 Å². The topological polar surface area (TPSA) is 95.9 Å². The molecular formula is C10H9N5O2S. The van der Waals surface area contributed by atoms with Crippen LogP contribution >= 0.6 is 12.2 Å². The molecule has 2 rings (SSSR count). The summed E-state index contributed by atoms with van der Waals surface area (Å²) in [4.78, 5) is 19.4. The number of pyridine rings is 1. The van der Waals surface area contributed by atoms with Crippen LogP contribution in [0.4, 0.5) is 0 Å². The monoisotopic (exact) mass is 263 g/mol. The number of methoxy groups -OCH3 is 1. The zero-order valence-corrected chi connectivity index (χ0v) is 10.2. The minimum atomic E-state index is -0.612. The Balaban J connectivity index is 2.37. The molecule has 0 fully saturated rings. The second-order valence-electron chi connectivity index (χ2n) is 3.27. The number of hydrogen-bond acceptors (Lipinski definition) is 6. The lowest BCUT2D eigenvalue weighted by atomic mass is 10.2. The van der Waals surface area contributed by atoms with E-state index in [0.29, 0.717) is 11.4 Å². The predicted molar refractivity (Wildman–Crippen MR) is 66.4 cm³/mol. The predicted octanol–water partition coefficient (Wildman–Crippen LogP) is 0.0831. The number of aromatic nitrogens is 4. The molecule has 0 aromatic carbocycles. The number of hydrogen-bond donors (Lipinski definition) is 1. The van der Waals surface area contributed by atoms with E-state index in [1.54, 1.807) is 18.3 Å². The fraction of sp³-hybridized carbons (Fsp3) is 0.100. The van der Waals surface area contributed by atoms with E-state index in [4.69, 9.17) is 18.0 Å². The maximum absolute atomic E-state index is 11.2. The maximum Gasteiger partial charge on any atom is 0.377 e. The smallest absolute Gasteiger partial charge is 0.377 e. The van der Waals surface area contributed by atoms with E-state index in [9.17, 15) is 4.79 Å². The molecule has 0 atom stereocenters. The first-order valence-corrected chi connectivity index (χ1v) is 5.29. The normalized spacial score (nSPS) is 10.1. The number of ether oxygens (including phenoxy) is 1. The molecule has 0 unspecified atom stereocenters. The van der Waals surface area contributed by atoms with Crippen molar-refractivity contribution in [1.82, 2.24) is 19.7 Å². The molecule has 0 aliphatic carbocycles. The molecule has 0 aliphatic heterocycles. The fourth-order valence-corrected chi connectivity index (χ4v) is 1.38. The van der Waals surface area contributed by atoms with Gasteiger partial charge in [0.15, 0.2) is 5.82 Å². The van der Waals surface area contributed by atoms with Gasteiger partial charge in [-0.2, -0.15) is 0 Å². The summed E-state index contributed by atoms with van der Waals surface area (Å²) in [6, 6.07) is 3.34. The van der Waals surface area contributed by atoms with Crippen molar-refractivity contribution >= 4 is 23.2 Å². The van der Waals surface area contributed by atoms with Crippen LogP contribution in [0.1, 0.15) is 16.2 Å². The highest BCUT2D eigenvalue weighted by molar-refractivity contribution is 7.80. The SMILES string of the molecule is COC(=O)c1ncn(-c2cc(C(N)=S)ccn2)n1. The number of carbonyl (C=O) groups is 1. The molecule has 0 spiro atoms. The average Bonchev–Trinajstić information content (AvgIpc) is 2.87. The van der Waals surface area contributed by atoms with E-state index in [1.165, 1.54) is 18.1 Å². The molecule has 2 N–H and O–H groups in total. The van der Waals surface area contributed by atoms with Crippen molar-refractivity contribution in [2.75, 3.05) is 7.11 Å². The Kier molecular flexibility index (Phi) is 3.28. The summed E-state index contributed by atoms with van der Waals surface area (Å²) in [5, 5.41) is 3.94. The standard InChI is InChI=1S/C10H9N5O2S/c1-17-10(16)9-13-5-15(14-9)7-4-6(8(11)18)2-3-12-7/h2-5H,1H3,(H2,11,18). The van der Waals surface area contributed by atoms with Gasteiger partial charge >= 0.3 is 5.97 Å². The molecule has 0 saturated carbocycles. The van der Waals surface area contributed by atoms with Crippen LogP contribution in [0, 0.1) is 0 Å². The minimum absolute atomic E-state index is 0.0416. The van der Waals surface area contributed by atoms with Crippen molar-refractivity contribution in [2.24, 2.45) is 5.73 Å². The molecule has 0 amide bonds. The summed E-state index contributed by atoms with van der Waals surface area (Å²) in [7, 11) is 1.26. The van der Waals surface area contributed by atoms with Crippen LogP contribution in [0.5, 0.6) is 0 Å². The van der Waals surface area contributed by atoms with Crippen molar-refractivity contribution in [3.63, 3.8) is 0 Å². The molecule has 7 nitrogen and oxygen atoms in total. The molecule has 2 aromatic heterocycles. The Labute approximate surface area is 108 Å². The van der Waals surface area contributed by atoms with Crippen LogP contribution < -0.4 is 5.73 Å². The molecule has 2 aromatic rings. The van der Waals surface area contributed by atoms with Gasteiger partial charge in [-0.25, -0.2) is 19.4 Å². The van der Waals surface area contributed by atoms with Gasteiger partial charge in [-0.1, -0.05) is 12.2 Å². The van der Waals surface area contributed by atoms with E-state index in [2.05, 4.69) is 19.8 Å². The van der Waals surface area contributed by atoms with Crippen molar-refractivity contribution in [1.29, 1.82) is 0 Å². The van der Waals surface area contributed by atoms with E-state index < -0.39 is 5.97 Å². The summed E-state index contributed by atoms with van der Waals surface area (Å²) >= 11 is 4.87. The van der Waals surface area contributed by atoms with Crippen LogP contribution in [-0.4, -0.2) is 37.8 Å². The highest BCUT2D eigenvalue weighted by Crippen LogP contribution is 2.06. The average molecular weight is 263 g/mol. The van der Waals surface area contributed by atoms with Crippen molar-refractivity contribution in [2.45, 2.75) is 0 Å². The summed E-state index contributed by atoms with van der Waals surface area (Å²) in [6.07, 6.45) is 2.90. The second kappa shape index (κ2) is 4.88. The molecule has 0 aliphatic rings. The zero-order chi connectivity index (χ0) is 13.1. The van der Waals surface area contributed by atoms with Gasteiger partial charge in [0.1, 0.15) is 11.3 Å². The highest BCUT2D eigenvalue weighted by atomic mass is 32.1. The molecule has 0 bridgehead atoms. The van der Waals surface area contributed by atoms with E-state index in [0.717, 1.165) is 0 Å². The largest absolute Gasteiger partial charge is 0.463 e. The van der Waals surface area contributed by atoms with Gasteiger partial charge in [0.2, 0.25) is 0 Å². The lowest BCUT2D eigenvalue weighted by Gasteiger charge is -2.01. The Bertz CT molecular complexity index is 610. The first-order valence-electron chi connectivity index (χ1n) is 4.88. The fourth-order valence-electron chi connectivity index (χ4n) is 1.26. The van der Waals surface area contributed by atoms with Crippen molar-refractivity contribution < 1.29 is 9.53 Å². The van der Waals surface area contributed by atoms with Crippen LogP contribution in [0.15, 0.2) is 24.7 Å². The number of nitrogens with zero attached hydrogens (tertiary/aromatic N) is 4. The van der Waals surface area contributed by atoms with Crippen LogP contribution in [-0.2, 0) is 4.74 Å². The second-order valence-corrected chi connectivity index (χ2v) is 3.71. The first-order chi connectivity index (χ1) is 8.61. The number of esters is 1. The van der Waals surface area contributed by atoms with Gasteiger partial charge in [-0.15, -0.1) is 5.10 Å². The van der Waals surface area contributed by atoms with Crippen LogP contribution in [0.2, 0.25) is 0 Å². The molecular weight excluding hydrogens is 254 g/mol. The molecule has 0 radical (unpaired) electrons. The van der Waals surface area contributed by atoms with E-state index in [1.807, 2.05) is 0 Å². The minimum Gasteiger partial charge on any atom is -0.463 e. The third kappa shape index (κ3) is 2.33. The highest BCUT2D eigenvalue weighted by Gasteiger charge is 2.12. The summed E-state index contributed by atoms with van der Waals surface area (Å²) in [5.74, 6) is -0.192. The van der Waals surface area contributed by atoms with Gasteiger partial charge in [-0.3, -0.25) is 0 Å². The summed E-state index contributed by atoms with van der Waals surface area (Å²) < 4.78 is 5.85. The van der Waals surface area contributed by atoms with Gasteiger partial charge in [-0.05, 0) is 12.1 Å². The van der Waals surface area contributed by atoms with Crippen LogP contribution in [0.25, 0.3) is 5.82 Å². The zero-order valence-electron chi connectivity index (χ0n) is 9.40. The number of rotatable bonds is 3. The lowest BCUT2D eigenvalue weighted by molar-refractivity contribution is 0.0587. The molecule has 18 heavy (non-hydrogen) atoms. The third-order valence-electron chi connectivity index (χ3n) is 2.12. The van der Waals surface area contributed by atoms with Gasteiger partial charge in [0.25, 0.3) is 5.82 Å². The summed E-state index contributed by atoms with van der Waals surface area (Å²) in [6.45, 7) is 0. The van der Waals surface area contributed by atoms with Crippen molar-refractivity contribution in [3.8, 4) is 5.82 Å². The Morgan fingerprint density at radius 3 is 2.94 bits per heavy atom. The first kappa shape index (κ1) is 12.1. The maximum atomic E-state index is 11.2. The number of nitrogens with two attached hydrogens (primary N) is 1. The molecule has 0 saturated heterocycles. The molecule has 92 valence electrons. The van der Waals surface area contributed by atoms with E-state index >= 15 is 0 Å².